The van der Waals surface area contributed by atoms with Gasteiger partial charge in [0.2, 0.25) is 0 Å². The van der Waals surface area contributed by atoms with Crippen molar-refractivity contribution in [1.29, 1.82) is 0 Å². The first-order chi connectivity index (χ1) is 8.34. The van der Waals surface area contributed by atoms with Crippen LogP contribution in [0.4, 0.5) is 5.82 Å². The summed E-state index contributed by atoms with van der Waals surface area (Å²) in [6.45, 7) is 0.956. The molecule has 5 heteroatoms. The number of hydrogen-bond donors (Lipinski definition) is 2. The van der Waals surface area contributed by atoms with Crippen molar-refractivity contribution in [3.63, 3.8) is 0 Å². The van der Waals surface area contributed by atoms with Crippen molar-refractivity contribution in [2.45, 2.75) is 31.4 Å². The number of carbonyl (C=O) groups excluding carboxylic acids is 1. The Bertz CT molecular complexity index is 430. The number of amides is 1. The van der Waals surface area contributed by atoms with E-state index < -0.39 is 6.10 Å². The van der Waals surface area contributed by atoms with E-state index in [1.54, 1.807) is 6.20 Å². The van der Waals surface area contributed by atoms with E-state index in [0.29, 0.717) is 11.6 Å². The second kappa shape index (κ2) is 4.33. The molecule has 1 aromatic heterocycles. The zero-order valence-corrected chi connectivity index (χ0v) is 9.48. The molecule has 2 aliphatic heterocycles. The number of hydrogen-bond acceptors (Lipinski definition) is 4. The normalized spacial score (nSPS) is 27.9. The molecule has 2 atom stereocenters. The summed E-state index contributed by atoms with van der Waals surface area (Å²) < 4.78 is 5.75. The van der Waals surface area contributed by atoms with E-state index in [4.69, 9.17) is 4.74 Å². The summed E-state index contributed by atoms with van der Waals surface area (Å²) in [6.07, 6.45) is 4.50. The average molecular weight is 233 g/mol. The van der Waals surface area contributed by atoms with E-state index in [0.717, 1.165) is 19.4 Å². The lowest BCUT2D eigenvalue weighted by atomic mass is 9.98. The summed E-state index contributed by atoms with van der Waals surface area (Å²) >= 11 is 0. The van der Waals surface area contributed by atoms with Crippen LogP contribution < -0.4 is 15.4 Å². The fraction of sp³-hybridized carbons (Fsp3) is 0.500. The summed E-state index contributed by atoms with van der Waals surface area (Å²) in [7, 11) is 0. The number of pyridine rings is 1. The molecule has 1 fully saturated rings. The first-order valence-electron chi connectivity index (χ1n) is 6.00. The monoisotopic (exact) mass is 233 g/mol. The van der Waals surface area contributed by atoms with Crippen LogP contribution in [0.2, 0.25) is 0 Å². The predicted octanol–water partition coefficient (Wildman–Crippen LogP) is 0.923. The molecular weight excluding hydrogens is 218 g/mol. The van der Waals surface area contributed by atoms with E-state index in [-0.39, 0.29) is 11.9 Å². The van der Waals surface area contributed by atoms with Gasteiger partial charge < -0.3 is 15.4 Å². The molecule has 2 N–H and O–H groups in total. The van der Waals surface area contributed by atoms with Crippen LogP contribution in [0.5, 0.6) is 5.75 Å². The van der Waals surface area contributed by atoms with Crippen molar-refractivity contribution in [2.24, 2.45) is 0 Å². The van der Waals surface area contributed by atoms with Crippen molar-refractivity contribution in [2.75, 3.05) is 11.9 Å². The Labute approximate surface area is 99.6 Å². The molecule has 1 saturated heterocycles. The molecular formula is C12H15N3O2. The van der Waals surface area contributed by atoms with Gasteiger partial charge in [-0.05, 0) is 31.5 Å². The van der Waals surface area contributed by atoms with Crippen LogP contribution in [0.25, 0.3) is 0 Å². The predicted molar refractivity (Wildman–Crippen MR) is 62.9 cm³/mol. The standard InChI is InChI=1S/C12H15N3O2/c16-12-10(8-4-1-2-6-13-8)17-9-5-3-7-14-11(9)15-12/h3,5,7-8,10,13H,1-2,4,6H2,(H,14,15,16). The van der Waals surface area contributed by atoms with E-state index in [9.17, 15) is 4.79 Å². The van der Waals surface area contributed by atoms with Gasteiger partial charge in [-0.2, -0.15) is 0 Å². The first-order valence-corrected chi connectivity index (χ1v) is 6.00. The van der Waals surface area contributed by atoms with Gasteiger partial charge in [0.1, 0.15) is 0 Å². The minimum Gasteiger partial charge on any atom is -0.475 e. The van der Waals surface area contributed by atoms with Crippen LogP contribution in [0.15, 0.2) is 18.3 Å². The van der Waals surface area contributed by atoms with Gasteiger partial charge in [-0.1, -0.05) is 6.42 Å². The van der Waals surface area contributed by atoms with E-state index >= 15 is 0 Å². The molecule has 3 heterocycles. The Morgan fingerprint density at radius 1 is 1.41 bits per heavy atom. The summed E-state index contributed by atoms with van der Waals surface area (Å²) in [5.74, 6) is 1.07. The van der Waals surface area contributed by atoms with Crippen molar-refractivity contribution in [3.8, 4) is 5.75 Å². The molecule has 2 unspecified atom stereocenters. The van der Waals surface area contributed by atoms with Gasteiger partial charge in [0.05, 0.1) is 6.04 Å². The quantitative estimate of drug-likeness (QED) is 0.757. The zero-order chi connectivity index (χ0) is 11.7. The average Bonchev–Trinajstić information content (AvgIpc) is 2.39. The maximum Gasteiger partial charge on any atom is 0.268 e. The molecule has 0 aromatic carbocycles. The highest BCUT2D eigenvalue weighted by Gasteiger charge is 2.35. The van der Waals surface area contributed by atoms with Crippen molar-refractivity contribution < 1.29 is 9.53 Å². The van der Waals surface area contributed by atoms with Crippen LogP contribution in [-0.4, -0.2) is 29.6 Å². The third kappa shape index (κ3) is 1.98. The van der Waals surface area contributed by atoms with Crippen molar-refractivity contribution >= 4 is 11.7 Å². The molecule has 0 spiro atoms. The Balaban J connectivity index is 1.81. The maximum absolute atomic E-state index is 11.9. The van der Waals surface area contributed by atoms with Crippen molar-refractivity contribution in [3.05, 3.63) is 18.3 Å². The topological polar surface area (TPSA) is 63.2 Å². The molecule has 0 bridgehead atoms. The molecule has 0 aliphatic carbocycles. The van der Waals surface area contributed by atoms with E-state index in [2.05, 4.69) is 15.6 Å². The minimum atomic E-state index is -0.438. The van der Waals surface area contributed by atoms with Gasteiger partial charge in [-0.15, -0.1) is 0 Å². The SMILES string of the molecule is O=C1Nc2ncccc2OC1C1CCCCN1. The summed E-state index contributed by atoms with van der Waals surface area (Å²) in [6, 6.07) is 3.75. The first kappa shape index (κ1) is 10.5. The van der Waals surface area contributed by atoms with Crippen LogP contribution in [-0.2, 0) is 4.79 Å². The Hall–Kier alpha value is -1.62. The third-order valence-corrected chi connectivity index (χ3v) is 3.24. The Morgan fingerprint density at radius 2 is 2.35 bits per heavy atom. The lowest BCUT2D eigenvalue weighted by Gasteiger charge is -2.33. The lowest BCUT2D eigenvalue weighted by molar-refractivity contribution is -0.125. The minimum absolute atomic E-state index is 0.101. The highest BCUT2D eigenvalue weighted by Crippen LogP contribution is 2.28. The van der Waals surface area contributed by atoms with Crippen LogP contribution in [0.1, 0.15) is 19.3 Å². The fourth-order valence-corrected chi connectivity index (χ4v) is 2.36. The molecule has 0 saturated carbocycles. The number of fused-ring (bicyclic) bond motifs is 1. The maximum atomic E-state index is 11.9. The van der Waals surface area contributed by atoms with Crippen LogP contribution >= 0.6 is 0 Å². The summed E-state index contributed by atoms with van der Waals surface area (Å²) in [5.41, 5.74) is 0. The van der Waals surface area contributed by atoms with Gasteiger partial charge >= 0.3 is 0 Å². The number of ether oxygens (including phenoxy) is 1. The number of nitrogens with one attached hydrogen (secondary N) is 2. The Kier molecular flexibility index (Phi) is 2.68. The summed E-state index contributed by atoms with van der Waals surface area (Å²) in [4.78, 5) is 16.0. The van der Waals surface area contributed by atoms with Gasteiger partial charge in [-0.3, -0.25) is 4.79 Å². The largest absolute Gasteiger partial charge is 0.475 e. The highest BCUT2D eigenvalue weighted by atomic mass is 16.5. The van der Waals surface area contributed by atoms with Crippen molar-refractivity contribution in [1.82, 2.24) is 10.3 Å². The fourth-order valence-electron chi connectivity index (χ4n) is 2.36. The molecule has 1 amide bonds. The van der Waals surface area contributed by atoms with Gasteiger partial charge in [-0.25, -0.2) is 4.98 Å². The van der Waals surface area contributed by atoms with Crippen LogP contribution in [0, 0.1) is 0 Å². The van der Waals surface area contributed by atoms with E-state index in [1.165, 1.54) is 6.42 Å². The van der Waals surface area contributed by atoms with Gasteiger partial charge in [0.15, 0.2) is 17.7 Å². The number of nitrogens with zero attached hydrogens (tertiary/aromatic N) is 1. The number of rotatable bonds is 1. The smallest absolute Gasteiger partial charge is 0.268 e. The summed E-state index contributed by atoms with van der Waals surface area (Å²) in [5, 5.41) is 6.14. The number of aromatic nitrogens is 1. The Morgan fingerprint density at radius 3 is 3.18 bits per heavy atom. The molecule has 1 aromatic rings. The second-order valence-corrected chi connectivity index (χ2v) is 4.43. The molecule has 17 heavy (non-hydrogen) atoms. The second-order valence-electron chi connectivity index (χ2n) is 4.43. The third-order valence-electron chi connectivity index (χ3n) is 3.24. The van der Waals surface area contributed by atoms with Gasteiger partial charge in [0, 0.05) is 6.20 Å². The number of carbonyl (C=O) groups is 1. The van der Waals surface area contributed by atoms with E-state index in [1.807, 2.05) is 12.1 Å². The molecule has 90 valence electrons. The molecule has 5 nitrogen and oxygen atoms in total. The van der Waals surface area contributed by atoms with Gasteiger partial charge in [0.25, 0.3) is 5.91 Å². The molecule has 2 aliphatic rings. The lowest BCUT2D eigenvalue weighted by Crippen LogP contribution is -2.53. The number of piperidine rings is 1. The highest BCUT2D eigenvalue weighted by molar-refractivity contribution is 5.97. The van der Waals surface area contributed by atoms with Crippen LogP contribution in [0.3, 0.4) is 0 Å². The molecule has 0 radical (unpaired) electrons. The zero-order valence-electron chi connectivity index (χ0n) is 9.48. The molecule has 3 rings (SSSR count). The number of anilines is 1.